The van der Waals surface area contributed by atoms with E-state index in [0.29, 0.717) is 0 Å². The largest absolute Gasteiger partial charge is 0.504 e. The molecule has 0 saturated heterocycles. The normalized spacial score (nSPS) is 22.1. The third-order valence-electron chi connectivity index (χ3n) is 4.88. The Bertz CT molecular complexity index is 910. The van der Waals surface area contributed by atoms with E-state index in [4.69, 9.17) is 11.6 Å². The number of amides is 2. The standard InChI is InChI=1S/C17H19ClF2N2O4S/c1-9-3-2-4-12(9)21-16(24)22-13-6-5-11(18)15(14(13)23)27(25,26)10-7-17(19,20)8-10/h3,5-6,10,12,23H,2,4,7-8H2,1H3,(H2,21,22,24). The number of halogens is 3. The van der Waals surface area contributed by atoms with Crippen LogP contribution in [0.3, 0.4) is 0 Å². The predicted molar refractivity (Wildman–Crippen MR) is 97.2 cm³/mol. The molecule has 1 fully saturated rings. The quantitative estimate of drug-likeness (QED) is 0.509. The fourth-order valence-electron chi connectivity index (χ4n) is 3.26. The summed E-state index contributed by atoms with van der Waals surface area (Å²) in [5, 5.41) is 13.9. The Balaban J connectivity index is 1.81. The Morgan fingerprint density at radius 3 is 2.56 bits per heavy atom. The number of hydrogen-bond acceptors (Lipinski definition) is 4. The van der Waals surface area contributed by atoms with E-state index in [0.717, 1.165) is 18.4 Å². The van der Waals surface area contributed by atoms with Gasteiger partial charge in [0.1, 0.15) is 4.90 Å². The van der Waals surface area contributed by atoms with Crippen molar-refractivity contribution in [2.45, 2.75) is 54.7 Å². The third kappa shape index (κ3) is 3.89. The number of urea groups is 1. The highest BCUT2D eigenvalue weighted by atomic mass is 35.5. The van der Waals surface area contributed by atoms with Gasteiger partial charge in [-0.05, 0) is 31.9 Å². The highest BCUT2D eigenvalue weighted by Gasteiger charge is 2.52. The average Bonchev–Trinajstić information content (AvgIpc) is 2.92. The van der Waals surface area contributed by atoms with Crippen molar-refractivity contribution in [1.29, 1.82) is 0 Å². The van der Waals surface area contributed by atoms with Crippen molar-refractivity contribution >= 4 is 33.2 Å². The van der Waals surface area contributed by atoms with Gasteiger partial charge in [0.2, 0.25) is 0 Å². The second-order valence-electron chi connectivity index (χ2n) is 6.88. The topological polar surface area (TPSA) is 95.5 Å². The molecule has 1 aromatic carbocycles. The Hall–Kier alpha value is -1.87. The van der Waals surface area contributed by atoms with Gasteiger partial charge in [-0.25, -0.2) is 22.0 Å². The summed E-state index contributed by atoms with van der Waals surface area (Å²) in [5.41, 5.74) is 0.848. The van der Waals surface area contributed by atoms with Crippen molar-refractivity contribution < 1.29 is 27.1 Å². The number of sulfone groups is 1. The number of allylic oxidation sites excluding steroid dienone is 1. The first-order chi connectivity index (χ1) is 12.5. The molecule has 1 unspecified atom stereocenters. The summed E-state index contributed by atoms with van der Waals surface area (Å²) in [5.74, 6) is -3.80. The number of benzene rings is 1. The molecule has 0 heterocycles. The highest BCUT2D eigenvalue weighted by molar-refractivity contribution is 7.92. The van der Waals surface area contributed by atoms with Gasteiger partial charge in [-0.1, -0.05) is 23.3 Å². The smallest absolute Gasteiger partial charge is 0.319 e. The van der Waals surface area contributed by atoms with Gasteiger partial charge in [-0.3, -0.25) is 0 Å². The van der Waals surface area contributed by atoms with E-state index in [1.165, 1.54) is 12.1 Å². The van der Waals surface area contributed by atoms with Gasteiger partial charge in [0.15, 0.2) is 15.6 Å². The fourth-order valence-corrected chi connectivity index (χ4v) is 5.72. The Morgan fingerprint density at radius 2 is 2.00 bits per heavy atom. The van der Waals surface area contributed by atoms with Gasteiger partial charge in [-0.2, -0.15) is 0 Å². The van der Waals surface area contributed by atoms with Gasteiger partial charge in [0.05, 0.1) is 22.0 Å². The minimum atomic E-state index is -4.27. The molecule has 3 N–H and O–H groups in total. The summed E-state index contributed by atoms with van der Waals surface area (Å²) in [6.45, 7) is 1.89. The number of phenols is 1. The molecule has 1 aromatic rings. The van der Waals surface area contributed by atoms with E-state index < -0.39 is 50.5 Å². The van der Waals surface area contributed by atoms with E-state index in [1.54, 1.807) is 0 Å². The van der Waals surface area contributed by atoms with Crippen LogP contribution >= 0.6 is 11.6 Å². The van der Waals surface area contributed by atoms with Gasteiger partial charge in [0.25, 0.3) is 5.92 Å². The molecule has 0 bridgehead atoms. The van der Waals surface area contributed by atoms with Gasteiger partial charge >= 0.3 is 6.03 Å². The summed E-state index contributed by atoms with van der Waals surface area (Å²) in [4.78, 5) is 11.5. The molecule has 0 aliphatic heterocycles. The van der Waals surface area contributed by atoms with Gasteiger partial charge in [0, 0.05) is 12.8 Å². The zero-order valence-corrected chi connectivity index (χ0v) is 16.0. The van der Waals surface area contributed by atoms with Crippen molar-refractivity contribution in [2.75, 3.05) is 5.32 Å². The molecule has 3 rings (SSSR count). The number of anilines is 1. The van der Waals surface area contributed by atoms with Crippen molar-refractivity contribution in [2.24, 2.45) is 0 Å². The molecule has 1 atom stereocenters. The van der Waals surface area contributed by atoms with Crippen LogP contribution in [0.5, 0.6) is 5.75 Å². The number of hydrogen-bond donors (Lipinski definition) is 3. The first-order valence-electron chi connectivity index (χ1n) is 8.38. The van der Waals surface area contributed by atoms with Crippen LogP contribution in [0.2, 0.25) is 5.02 Å². The molecule has 6 nitrogen and oxygen atoms in total. The van der Waals surface area contributed by atoms with Crippen molar-refractivity contribution in [1.82, 2.24) is 5.32 Å². The average molecular weight is 421 g/mol. The maximum atomic E-state index is 13.1. The van der Waals surface area contributed by atoms with Crippen LogP contribution in [0.25, 0.3) is 0 Å². The molecule has 2 aliphatic carbocycles. The minimum absolute atomic E-state index is 0.139. The van der Waals surface area contributed by atoms with Gasteiger partial charge in [-0.15, -0.1) is 0 Å². The molecular weight excluding hydrogens is 402 g/mol. The number of rotatable bonds is 4. The van der Waals surface area contributed by atoms with E-state index in [-0.39, 0.29) is 16.8 Å². The number of carbonyl (C=O) groups is 1. The molecule has 1 saturated carbocycles. The molecule has 2 aliphatic rings. The lowest BCUT2D eigenvalue weighted by atomic mass is 9.94. The van der Waals surface area contributed by atoms with E-state index in [9.17, 15) is 27.1 Å². The maximum absolute atomic E-state index is 13.1. The Kier molecular flexibility index (Phi) is 5.11. The second kappa shape index (κ2) is 6.94. The molecule has 2 amide bonds. The molecule has 0 radical (unpaired) electrons. The number of phenolic OH excluding ortho intramolecular Hbond substituents is 1. The number of carbonyl (C=O) groups excluding carboxylic acids is 1. The van der Waals surface area contributed by atoms with Crippen molar-refractivity contribution in [3.8, 4) is 5.75 Å². The van der Waals surface area contributed by atoms with Gasteiger partial charge < -0.3 is 15.7 Å². The van der Waals surface area contributed by atoms with Crippen LogP contribution in [-0.2, 0) is 9.84 Å². The fraction of sp³-hybridized carbons (Fsp3) is 0.471. The lowest BCUT2D eigenvalue weighted by Gasteiger charge is -2.34. The molecular formula is C17H19ClF2N2O4S. The van der Waals surface area contributed by atoms with Crippen molar-refractivity contribution in [3.05, 3.63) is 28.8 Å². The highest BCUT2D eigenvalue weighted by Crippen LogP contribution is 2.47. The summed E-state index contributed by atoms with van der Waals surface area (Å²) in [6, 6.07) is 1.69. The predicted octanol–water partition coefficient (Wildman–Crippen LogP) is 3.85. The number of alkyl halides is 2. The first kappa shape index (κ1) is 19.9. The summed E-state index contributed by atoms with van der Waals surface area (Å²) in [6.07, 6.45) is 1.95. The third-order valence-corrected chi connectivity index (χ3v) is 7.50. The Labute approximate surface area is 160 Å². The summed E-state index contributed by atoms with van der Waals surface area (Å²) >= 11 is 5.91. The maximum Gasteiger partial charge on any atom is 0.319 e. The molecule has 27 heavy (non-hydrogen) atoms. The lowest BCUT2D eigenvalue weighted by molar-refractivity contribution is -0.0686. The van der Waals surface area contributed by atoms with Crippen LogP contribution in [-0.4, -0.2) is 36.8 Å². The van der Waals surface area contributed by atoms with Crippen LogP contribution in [0, 0.1) is 0 Å². The summed E-state index contributed by atoms with van der Waals surface area (Å²) < 4.78 is 51.3. The van der Waals surface area contributed by atoms with E-state index in [2.05, 4.69) is 10.6 Å². The lowest BCUT2D eigenvalue weighted by Crippen LogP contribution is -2.44. The number of aromatic hydroxyl groups is 1. The SMILES string of the molecule is CC1=CCCC1NC(=O)Nc1ccc(Cl)c(S(=O)(=O)C2CC(F)(F)C2)c1O. The van der Waals surface area contributed by atoms with Crippen LogP contribution in [0.4, 0.5) is 19.3 Å². The monoisotopic (exact) mass is 420 g/mol. The summed E-state index contributed by atoms with van der Waals surface area (Å²) in [7, 11) is -4.27. The van der Waals surface area contributed by atoms with Crippen LogP contribution < -0.4 is 10.6 Å². The zero-order valence-electron chi connectivity index (χ0n) is 14.4. The second-order valence-corrected chi connectivity index (χ2v) is 9.45. The number of nitrogens with one attached hydrogen (secondary N) is 2. The first-order valence-corrected chi connectivity index (χ1v) is 10.3. The van der Waals surface area contributed by atoms with E-state index in [1.807, 2.05) is 13.0 Å². The van der Waals surface area contributed by atoms with Crippen LogP contribution in [0.15, 0.2) is 28.7 Å². The Morgan fingerprint density at radius 1 is 1.33 bits per heavy atom. The zero-order chi connectivity index (χ0) is 20.0. The molecule has 0 spiro atoms. The molecule has 148 valence electrons. The molecule has 10 heteroatoms. The van der Waals surface area contributed by atoms with E-state index >= 15 is 0 Å². The molecule has 0 aromatic heterocycles. The minimum Gasteiger partial charge on any atom is -0.504 e. The van der Waals surface area contributed by atoms with Crippen LogP contribution in [0.1, 0.15) is 32.6 Å². The van der Waals surface area contributed by atoms with Crippen molar-refractivity contribution in [3.63, 3.8) is 0 Å².